The van der Waals surface area contributed by atoms with E-state index in [1.54, 1.807) is 0 Å². The topological polar surface area (TPSA) is 24.4 Å². The second-order valence-corrected chi connectivity index (χ2v) is 5.84. The smallest absolute Gasteiger partial charge is 0.156 e. The molecule has 0 radical (unpaired) electrons. The average Bonchev–Trinajstić information content (AvgIpc) is 2.18. The quantitative estimate of drug-likeness (QED) is 0.781. The van der Waals surface area contributed by atoms with Gasteiger partial charge in [-0.15, -0.1) is 0 Å². The molecular weight excluding hydrogens is 204 g/mol. The standard InChI is InChI=1S/C12H24N2S/c1-10(2)6-4-7-11(3)14-12-13-8-5-9-15-12/h10-11H,4-9H2,1-3H3,(H,13,14). The molecule has 88 valence electrons. The Bertz CT molecular complexity index is 202. The van der Waals surface area contributed by atoms with Crippen molar-refractivity contribution in [1.82, 2.24) is 5.32 Å². The van der Waals surface area contributed by atoms with Crippen LogP contribution in [0.5, 0.6) is 0 Å². The van der Waals surface area contributed by atoms with Gasteiger partial charge in [0.2, 0.25) is 0 Å². The van der Waals surface area contributed by atoms with E-state index >= 15 is 0 Å². The molecule has 1 N–H and O–H groups in total. The van der Waals surface area contributed by atoms with Gasteiger partial charge in [0.15, 0.2) is 5.17 Å². The summed E-state index contributed by atoms with van der Waals surface area (Å²) in [6, 6.07) is 0.577. The predicted octanol–water partition coefficient (Wildman–Crippen LogP) is 3.28. The molecule has 0 amide bonds. The van der Waals surface area contributed by atoms with Gasteiger partial charge in [0.1, 0.15) is 0 Å². The molecule has 0 aromatic rings. The first-order chi connectivity index (χ1) is 7.18. The number of aliphatic imine (C=N–C) groups is 1. The monoisotopic (exact) mass is 228 g/mol. The van der Waals surface area contributed by atoms with E-state index in [0.717, 1.165) is 12.5 Å². The Kier molecular flexibility index (Phi) is 6.15. The van der Waals surface area contributed by atoms with Crippen LogP contribution in [0.2, 0.25) is 0 Å². The number of rotatable bonds is 5. The molecular formula is C12H24N2S. The fourth-order valence-electron chi connectivity index (χ4n) is 1.66. The zero-order valence-corrected chi connectivity index (χ0v) is 11.1. The van der Waals surface area contributed by atoms with E-state index in [1.165, 1.54) is 36.6 Å². The van der Waals surface area contributed by atoms with E-state index in [2.05, 4.69) is 31.1 Å². The molecule has 0 bridgehead atoms. The first kappa shape index (κ1) is 12.9. The molecule has 1 unspecified atom stereocenters. The third-order valence-electron chi connectivity index (χ3n) is 2.59. The number of hydrogen-bond donors (Lipinski definition) is 1. The summed E-state index contributed by atoms with van der Waals surface area (Å²) in [6.45, 7) is 7.85. The lowest BCUT2D eigenvalue weighted by Gasteiger charge is -2.19. The van der Waals surface area contributed by atoms with Gasteiger partial charge in [0.25, 0.3) is 0 Å². The third-order valence-corrected chi connectivity index (χ3v) is 3.60. The van der Waals surface area contributed by atoms with Crippen molar-refractivity contribution in [3.05, 3.63) is 0 Å². The summed E-state index contributed by atoms with van der Waals surface area (Å²) in [4.78, 5) is 4.48. The van der Waals surface area contributed by atoms with Gasteiger partial charge < -0.3 is 5.32 Å². The molecule has 0 saturated heterocycles. The maximum absolute atomic E-state index is 4.48. The first-order valence-electron chi connectivity index (χ1n) is 6.12. The summed E-state index contributed by atoms with van der Waals surface area (Å²) >= 11 is 1.87. The summed E-state index contributed by atoms with van der Waals surface area (Å²) in [5.41, 5.74) is 0. The second-order valence-electron chi connectivity index (χ2n) is 4.76. The molecule has 1 heterocycles. The van der Waals surface area contributed by atoms with E-state index in [9.17, 15) is 0 Å². The lowest BCUT2D eigenvalue weighted by atomic mass is 10.0. The molecule has 0 aromatic carbocycles. The van der Waals surface area contributed by atoms with Crippen LogP contribution in [-0.2, 0) is 0 Å². The molecule has 15 heavy (non-hydrogen) atoms. The van der Waals surface area contributed by atoms with Crippen LogP contribution in [0.4, 0.5) is 0 Å². The van der Waals surface area contributed by atoms with E-state index in [4.69, 9.17) is 0 Å². The van der Waals surface area contributed by atoms with Gasteiger partial charge in [-0.1, -0.05) is 38.5 Å². The van der Waals surface area contributed by atoms with Crippen LogP contribution in [0.25, 0.3) is 0 Å². The number of hydrogen-bond acceptors (Lipinski definition) is 3. The Morgan fingerprint density at radius 1 is 1.33 bits per heavy atom. The maximum atomic E-state index is 4.48. The minimum Gasteiger partial charge on any atom is -0.362 e. The van der Waals surface area contributed by atoms with Gasteiger partial charge in [0, 0.05) is 18.3 Å². The molecule has 0 fully saturated rings. The average molecular weight is 228 g/mol. The Labute approximate surface area is 98.3 Å². The first-order valence-corrected chi connectivity index (χ1v) is 7.11. The molecule has 3 heteroatoms. The van der Waals surface area contributed by atoms with Gasteiger partial charge in [-0.2, -0.15) is 0 Å². The molecule has 2 nitrogen and oxygen atoms in total. The van der Waals surface area contributed by atoms with E-state index < -0.39 is 0 Å². The van der Waals surface area contributed by atoms with Gasteiger partial charge in [0.05, 0.1) is 0 Å². The summed E-state index contributed by atoms with van der Waals surface area (Å²) in [5.74, 6) is 2.06. The molecule has 1 atom stereocenters. The third kappa shape index (κ3) is 6.08. The highest BCUT2D eigenvalue weighted by atomic mass is 32.2. The molecule has 1 aliphatic heterocycles. The van der Waals surface area contributed by atoms with Crippen LogP contribution in [0.15, 0.2) is 4.99 Å². The minimum atomic E-state index is 0.577. The van der Waals surface area contributed by atoms with Gasteiger partial charge >= 0.3 is 0 Å². The Morgan fingerprint density at radius 3 is 2.73 bits per heavy atom. The molecule has 0 saturated carbocycles. The zero-order chi connectivity index (χ0) is 11.1. The highest BCUT2D eigenvalue weighted by Crippen LogP contribution is 2.13. The highest BCUT2D eigenvalue weighted by Gasteiger charge is 2.09. The summed E-state index contributed by atoms with van der Waals surface area (Å²) in [5, 5.41) is 4.67. The summed E-state index contributed by atoms with van der Waals surface area (Å²) < 4.78 is 0. The van der Waals surface area contributed by atoms with Gasteiger partial charge in [-0.05, 0) is 25.7 Å². The van der Waals surface area contributed by atoms with Crippen molar-refractivity contribution in [1.29, 1.82) is 0 Å². The van der Waals surface area contributed by atoms with Crippen molar-refractivity contribution in [3.8, 4) is 0 Å². The van der Waals surface area contributed by atoms with Crippen molar-refractivity contribution in [2.45, 2.75) is 52.5 Å². The SMILES string of the molecule is CC(C)CCCC(C)NC1=NCCCS1. The van der Waals surface area contributed by atoms with Gasteiger partial charge in [-0.3, -0.25) is 4.99 Å². The number of amidine groups is 1. The number of thioether (sulfide) groups is 1. The maximum Gasteiger partial charge on any atom is 0.156 e. The van der Waals surface area contributed by atoms with Crippen LogP contribution in [0, 0.1) is 5.92 Å². The van der Waals surface area contributed by atoms with Gasteiger partial charge in [-0.25, -0.2) is 0 Å². The lowest BCUT2D eigenvalue weighted by Crippen LogP contribution is -2.32. The fraction of sp³-hybridized carbons (Fsp3) is 0.917. The zero-order valence-electron chi connectivity index (χ0n) is 10.3. The van der Waals surface area contributed by atoms with Crippen molar-refractivity contribution in [3.63, 3.8) is 0 Å². The normalized spacial score (nSPS) is 18.8. The van der Waals surface area contributed by atoms with Crippen molar-refractivity contribution in [2.24, 2.45) is 10.9 Å². The lowest BCUT2D eigenvalue weighted by molar-refractivity contribution is 0.495. The molecule has 1 rings (SSSR count). The van der Waals surface area contributed by atoms with Crippen molar-refractivity contribution in [2.75, 3.05) is 12.3 Å². The van der Waals surface area contributed by atoms with E-state index in [-0.39, 0.29) is 0 Å². The predicted molar refractivity (Wildman–Crippen MR) is 70.7 cm³/mol. The number of nitrogens with one attached hydrogen (secondary N) is 1. The van der Waals surface area contributed by atoms with E-state index in [0.29, 0.717) is 6.04 Å². The van der Waals surface area contributed by atoms with Crippen LogP contribution in [0.3, 0.4) is 0 Å². The van der Waals surface area contributed by atoms with E-state index in [1.807, 2.05) is 11.8 Å². The van der Waals surface area contributed by atoms with Crippen molar-refractivity contribution >= 4 is 16.9 Å². The van der Waals surface area contributed by atoms with Crippen LogP contribution >= 0.6 is 11.8 Å². The highest BCUT2D eigenvalue weighted by molar-refractivity contribution is 8.13. The Hall–Kier alpha value is -0.180. The van der Waals surface area contributed by atoms with Crippen LogP contribution < -0.4 is 5.32 Å². The van der Waals surface area contributed by atoms with Crippen molar-refractivity contribution < 1.29 is 0 Å². The molecule has 0 spiro atoms. The summed E-state index contributed by atoms with van der Waals surface area (Å²) in [7, 11) is 0. The minimum absolute atomic E-state index is 0.577. The van der Waals surface area contributed by atoms with Crippen LogP contribution in [-0.4, -0.2) is 23.5 Å². The fourth-order valence-corrected chi connectivity index (χ4v) is 2.60. The summed E-state index contributed by atoms with van der Waals surface area (Å²) in [6.07, 6.45) is 5.16. The number of nitrogens with zero attached hydrogens (tertiary/aromatic N) is 1. The molecule has 0 aromatic heterocycles. The Morgan fingerprint density at radius 2 is 2.13 bits per heavy atom. The molecule has 1 aliphatic rings. The van der Waals surface area contributed by atoms with Crippen LogP contribution in [0.1, 0.15) is 46.5 Å². The second kappa shape index (κ2) is 7.15. The Balaban J connectivity index is 2.12. The largest absolute Gasteiger partial charge is 0.362 e. The molecule has 0 aliphatic carbocycles.